The Morgan fingerprint density at radius 2 is 1.63 bits per heavy atom. The molecule has 1 aromatic heterocycles. The largest absolute Gasteiger partial charge is 0.414 e. The van der Waals surface area contributed by atoms with Crippen molar-refractivity contribution < 1.29 is 22.8 Å². The third kappa shape index (κ3) is 4.84. The summed E-state index contributed by atoms with van der Waals surface area (Å²) in [6.45, 7) is 20.9. The van der Waals surface area contributed by atoms with Gasteiger partial charge in [-0.15, -0.1) is 6.58 Å². The van der Waals surface area contributed by atoms with E-state index in [4.69, 9.17) is 17.7 Å². The van der Waals surface area contributed by atoms with Gasteiger partial charge in [-0.1, -0.05) is 61.5 Å². The summed E-state index contributed by atoms with van der Waals surface area (Å²) in [7, 11) is -5.70. The molecule has 2 aliphatic rings. The number of aromatic nitrogens is 2. The van der Waals surface area contributed by atoms with Crippen molar-refractivity contribution in [3.05, 3.63) is 45.8 Å². The van der Waals surface area contributed by atoms with E-state index in [0.717, 1.165) is 4.57 Å². The van der Waals surface area contributed by atoms with Gasteiger partial charge < -0.3 is 22.8 Å². The van der Waals surface area contributed by atoms with Crippen LogP contribution >= 0.6 is 0 Å². The van der Waals surface area contributed by atoms with Crippen molar-refractivity contribution in [2.75, 3.05) is 6.61 Å². The normalized spacial score (nSPS) is 28.4. The molecule has 0 radical (unpaired) electrons. The van der Waals surface area contributed by atoms with Gasteiger partial charge in [-0.2, -0.15) is 0 Å². The molecule has 2 fully saturated rings. The molecule has 3 rings (SSSR count). The third-order valence-corrected chi connectivity index (χ3v) is 17.6. The van der Waals surface area contributed by atoms with Crippen LogP contribution in [-0.2, 0) is 24.2 Å². The van der Waals surface area contributed by atoms with Crippen molar-refractivity contribution in [3.63, 3.8) is 0 Å². The van der Waals surface area contributed by atoms with Crippen LogP contribution in [0.5, 0.6) is 0 Å². The van der Waals surface area contributed by atoms with Crippen molar-refractivity contribution in [3.8, 4) is 0 Å². The number of ether oxygens (including phenoxy) is 1. The molecule has 9 nitrogen and oxygen atoms in total. The monoisotopic (exact) mass is 526 g/mol. The molecule has 3 heterocycles. The second-order valence-electron chi connectivity index (χ2n) is 10.9. The summed E-state index contributed by atoms with van der Waals surface area (Å²) < 4.78 is 29.3. The molecule has 4 atom stereocenters. The number of hydrogen-bond acceptors (Lipinski definition) is 7. The van der Waals surface area contributed by atoms with Crippen LogP contribution in [0.15, 0.2) is 34.5 Å². The molecule has 35 heavy (non-hydrogen) atoms. The summed E-state index contributed by atoms with van der Waals surface area (Å²) in [5.74, 6) is 0. The summed E-state index contributed by atoms with van der Waals surface area (Å²) in [6, 6.07) is 1.29. The lowest BCUT2D eigenvalue weighted by molar-refractivity contribution is -0.0605. The molecular formula is C24H42N2O7Si2. The summed E-state index contributed by atoms with van der Waals surface area (Å²) in [6.07, 6.45) is -0.624. The van der Waals surface area contributed by atoms with Crippen LogP contribution < -0.4 is 11.2 Å². The molecule has 0 amide bonds. The van der Waals surface area contributed by atoms with Crippen LogP contribution in [0, 0.1) is 0 Å². The molecule has 0 aromatic carbocycles. The molecule has 2 saturated heterocycles. The Bertz CT molecular complexity index is 1000. The second kappa shape index (κ2) is 10.6. The molecule has 0 unspecified atom stereocenters. The Labute approximate surface area is 210 Å². The minimum atomic E-state index is -2.94. The topological polar surface area (TPSA) is 101 Å². The molecule has 0 bridgehead atoms. The summed E-state index contributed by atoms with van der Waals surface area (Å²) in [5, 5.41) is 11.4. The van der Waals surface area contributed by atoms with Crippen LogP contribution in [-0.4, -0.2) is 56.3 Å². The van der Waals surface area contributed by atoms with Gasteiger partial charge in [0.1, 0.15) is 18.3 Å². The quantitative estimate of drug-likeness (QED) is 0.429. The Morgan fingerprint density at radius 1 is 1.06 bits per heavy atom. The maximum atomic E-state index is 13.1. The highest BCUT2D eigenvalue weighted by Crippen LogP contribution is 2.48. The SMILES string of the molecule is C=CCn1c(=O)ccn([C@@H]2O[C@@H]3CO[Si](C(C)C)(C(C)C)O[Si](C(C)C)(C(C)C)O[C@H]3[C@H]2O)c1=O. The average Bonchev–Trinajstić information content (AvgIpc) is 3.05. The van der Waals surface area contributed by atoms with E-state index in [1.165, 1.54) is 22.9 Å². The van der Waals surface area contributed by atoms with Crippen LogP contribution in [0.3, 0.4) is 0 Å². The first-order valence-corrected chi connectivity index (χ1v) is 16.5. The van der Waals surface area contributed by atoms with Crippen molar-refractivity contribution in [2.45, 2.75) is 109 Å². The van der Waals surface area contributed by atoms with E-state index >= 15 is 0 Å². The van der Waals surface area contributed by atoms with Gasteiger partial charge in [0.05, 0.1) is 6.61 Å². The number of nitrogens with zero attached hydrogens (tertiary/aromatic N) is 2. The van der Waals surface area contributed by atoms with Crippen LogP contribution in [0.1, 0.15) is 61.6 Å². The summed E-state index contributed by atoms with van der Waals surface area (Å²) in [4.78, 5) is 25.3. The number of hydrogen-bond donors (Lipinski definition) is 1. The number of aliphatic hydroxyl groups is 1. The van der Waals surface area contributed by atoms with Crippen molar-refractivity contribution in [1.29, 1.82) is 0 Å². The smallest absolute Gasteiger partial charge is 0.335 e. The molecule has 0 spiro atoms. The zero-order valence-corrected chi connectivity index (χ0v) is 24.3. The summed E-state index contributed by atoms with van der Waals surface area (Å²) in [5.41, 5.74) is -0.459. The number of rotatable bonds is 7. The van der Waals surface area contributed by atoms with Gasteiger partial charge in [0.25, 0.3) is 5.56 Å². The minimum Gasteiger partial charge on any atom is -0.414 e. The van der Waals surface area contributed by atoms with E-state index in [-0.39, 0.29) is 35.3 Å². The highest BCUT2D eigenvalue weighted by Gasteiger charge is 2.61. The lowest BCUT2D eigenvalue weighted by Gasteiger charge is -2.51. The van der Waals surface area contributed by atoms with E-state index in [1.54, 1.807) is 0 Å². The zero-order chi connectivity index (χ0) is 26.3. The van der Waals surface area contributed by atoms with E-state index in [1.807, 2.05) is 0 Å². The van der Waals surface area contributed by atoms with Gasteiger partial charge >= 0.3 is 22.8 Å². The molecule has 0 aliphatic carbocycles. The fourth-order valence-electron chi connectivity index (χ4n) is 5.39. The zero-order valence-electron chi connectivity index (χ0n) is 22.3. The molecule has 0 saturated carbocycles. The summed E-state index contributed by atoms with van der Waals surface area (Å²) >= 11 is 0. The molecule has 11 heteroatoms. The van der Waals surface area contributed by atoms with Crippen LogP contribution in [0.25, 0.3) is 0 Å². The molecule has 2 aliphatic heterocycles. The Hall–Kier alpha value is -1.35. The standard InChI is InChI=1S/C24H42N2O7Si2/c1-10-12-25-20(27)11-13-26(24(25)29)23-21(28)22-19(31-23)14-30-34(15(2)3,16(4)5)33-35(32-22,17(6)7)18(8)9/h10-11,13,15-19,21-23,28H,1,12,14H2,2-9H3/t19-,21-,22-,23-/m1/s1. The number of allylic oxidation sites excluding steroid dienone is 1. The minimum absolute atomic E-state index is 0.0647. The van der Waals surface area contributed by atoms with Gasteiger partial charge in [-0.3, -0.25) is 13.9 Å². The second-order valence-corrected chi connectivity index (χ2v) is 19.7. The highest BCUT2D eigenvalue weighted by molar-refractivity contribution is 6.83. The van der Waals surface area contributed by atoms with Crippen molar-refractivity contribution >= 4 is 17.1 Å². The highest BCUT2D eigenvalue weighted by atomic mass is 28.5. The first kappa shape index (κ1) is 28.2. The third-order valence-electron chi connectivity index (χ3n) is 7.32. The number of fused-ring (bicyclic) bond motifs is 1. The fraction of sp³-hybridized carbons (Fsp3) is 0.750. The van der Waals surface area contributed by atoms with Gasteiger partial charge in [0.15, 0.2) is 6.23 Å². The Morgan fingerprint density at radius 3 is 2.14 bits per heavy atom. The predicted molar refractivity (Wildman–Crippen MR) is 139 cm³/mol. The Balaban J connectivity index is 2.10. The maximum absolute atomic E-state index is 13.1. The lowest BCUT2D eigenvalue weighted by atomic mass is 10.1. The van der Waals surface area contributed by atoms with Gasteiger partial charge in [0.2, 0.25) is 0 Å². The van der Waals surface area contributed by atoms with Crippen molar-refractivity contribution in [2.24, 2.45) is 0 Å². The van der Waals surface area contributed by atoms with Gasteiger partial charge in [0, 0.05) is 18.8 Å². The molecule has 1 aromatic rings. The van der Waals surface area contributed by atoms with Gasteiger partial charge in [-0.25, -0.2) is 4.79 Å². The average molecular weight is 527 g/mol. The van der Waals surface area contributed by atoms with E-state index < -0.39 is 52.9 Å². The predicted octanol–water partition coefficient (Wildman–Crippen LogP) is 3.41. The fourth-order valence-corrected chi connectivity index (χ4v) is 16.6. The molecule has 198 valence electrons. The molecule has 1 N–H and O–H groups in total. The first-order chi connectivity index (χ1) is 16.3. The van der Waals surface area contributed by atoms with E-state index in [0.29, 0.717) is 0 Å². The van der Waals surface area contributed by atoms with E-state index in [9.17, 15) is 14.7 Å². The molecular weight excluding hydrogens is 484 g/mol. The van der Waals surface area contributed by atoms with Gasteiger partial charge in [-0.05, 0) is 22.2 Å². The van der Waals surface area contributed by atoms with Crippen molar-refractivity contribution in [1.82, 2.24) is 9.13 Å². The first-order valence-electron chi connectivity index (χ1n) is 12.6. The maximum Gasteiger partial charge on any atom is 0.335 e. The number of aliphatic hydroxyl groups excluding tert-OH is 1. The van der Waals surface area contributed by atoms with Crippen LogP contribution in [0.2, 0.25) is 22.2 Å². The Kier molecular flexibility index (Phi) is 8.52. The van der Waals surface area contributed by atoms with Crippen LogP contribution in [0.4, 0.5) is 0 Å². The lowest BCUT2D eigenvalue weighted by Crippen LogP contribution is -2.65. The van der Waals surface area contributed by atoms with E-state index in [2.05, 4.69) is 62.0 Å².